The van der Waals surface area contributed by atoms with Crippen LogP contribution in [0.25, 0.3) is 0 Å². The van der Waals surface area contributed by atoms with Crippen molar-refractivity contribution in [1.82, 2.24) is 0 Å². The van der Waals surface area contributed by atoms with Crippen molar-refractivity contribution in [3.63, 3.8) is 0 Å². The fraction of sp³-hybridized carbons (Fsp3) is 0.722. The number of hydrogen-bond acceptors (Lipinski definition) is 3. The quantitative estimate of drug-likeness (QED) is 0.185. The molecule has 0 rings (SSSR count). The SMILES string of the molecule is CCCCC[C@@H](C=C/C=C\CCCCCCCC(=O)O)OO. The molecular weight excluding hydrogens is 280 g/mol. The summed E-state index contributed by atoms with van der Waals surface area (Å²) in [7, 11) is 0. The summed E-state index contributed by atoms with van der Waals surface area (Å²) in [6, 6.07) is 0. The maximum Gasteiger partial charge on any atom is 0.303 e. The van der Waals surface area contributed by atoms with Gasteiger partial charge in [0.2, 0.25) is 0 Å². The molecule has 0 aliphatic rings. The molecule has 0 aromatic rings. The fourth-order valence-electron chi connectivity index (χ4n) is 2.21. The second-order valence-corrected chi connectivity index (χ2v) is 5.65. The van der Waals surface area contributed by atoms with Crippen LogP contribution in [0.3, 0.4) is 0 Å². The van der Waals surface area contributed by atoms with Crippen LogP contribution in [0.1, 0.15) is 77.6 Å². The molecule has 2 N–H and O–H groups in total. The van der Waals surface area contributed by atoms with Crippen LogP contribution in [0, 0.1) is 0 Å². The summed E-state index contributed by atoms with van der Waals surface area (Å²) in [6.45, 7) is 2.15. The van der Waals surface area contributed by atoms with E-state index in [1.807, 2.05) is 18.2 Å². The molecule has 0 aliphatic heterocycles. The third-order valence-corrected chi connectivity index (χ3v) is 3.56. The van der Waals surface area contributed by atoms with Gasteiger partial charge in [0, 0.05) is 6.42 Å². The molecule has 22 heavy (non-hydrogen) atoms. The Labute approximate surface area is 134 Å². The molecule has 0 bridgehead atoms. The lowest BCUT2D eigenvalue weighted by Gasteiger charge is -2.07. The Bertz CT molecular complexity index is 310. The van der Waals surface area contributed by atoms with Crippen molar-refractivity contribution in [2.24, 2.45) is 0 Å². The molecule has 0 spiro atoms. The molecule has 4 heteroatoms. The molecule has 128 valence electrons. The minimum Gasteiger partial charge on any atom is -0.481 e. The smallest absolute Gasteiger partial charge is 0.303 e. The number of carbonyl (C=O) groups is 1. The Morgan fingerprint density at radius 2 is 1.77 bits per heavy atom. The summed E-state index contributed by atoms with van der Waals surface area (Å²) >= 11 is 0. The van der Waals surface area contributed by atoms with Gasteiger partial charge in [0.05, 0.1) is 0 Å². The lowest BCUT2D eigenvalue weighted by atomic mass is 10.1. The van der Waals surface area contributed by atoms with E-state index in [-0.39, 0.29) is 12.5 Å². The first-order chi connectivity index (χ1) is 10.7. The Kier molecular flexibility index (Phi) is 15.4. The fourth-order valence-corrected chi connectivity index (χ4v) is 2.21. The van der Waals surface area contributed by atoms with Gasteiger partial charge in [-0.05, 0) is 25.7 Å². The highest BCUT2D eigenvalue weighted by atomic mass is 17.1. The number of hydrogen-bond donors (Lipinski definition) is 2. The van der Waals surface area contributed by atoms with E-state index >= 15 is 0 Å². The highest BCUT2D eigenvalue weighted by molar-refractivity contribution is 5.66. The molecule has 0 heterocycles. The van der Waals surface area contributed by atoms with Crippen LogP contribution in [0.2, 0.25) is 0 Å². The van der Waals surface area contributed by atoms with Gasteiger partial charge in [0.1, 0.15) is 6.10 Å². The van der Waals surface area contributed by atoms with E-state index in [4.69, 9.17) is 10.4 Å². The van der Waals surface area contributed by atoms with Crippen LogP contribution < -0.4 is 0 Å². The number of carboxylic acid groups (broad SMARTS) is 1. The average molecular weight is 312 g/mol. The largest absolute Gasteiger partial charge is 0.481 e. The molecule has 0 unspecified atom stereocenters. The number of allylic oxidation sites excluding steroid dienone is 3. The average Bonchev–Trinajstić information content (AvgIpc) is 2.50. The van der Waals surface area contributed by atoms with Crippen molar-refractivity contribution >= 4 is 5.97 Å². The number of aliphatic carboxylic acids is 1. The molecular formula is C18H32O4. The number of rotatable bonds is 15. The van der Waals surface area contributed by atoms with Crippen LogP contribution in [-0.4, -0.2) is 22.4 Å². The van der Waals surface area contributed by atoms with Crippen LogP contribution >= 0.6 is 0 Å². The first kappa shape index (κ1) is 20.9. The van der Waals surface area contributed by atoms with E-state index in [2.05, 4.69) is 17.9 Å². The highest BCUT2D eigenvalue weighted by Crippen LogP contribution is 2.09. The summed E-state index contributed by atoms with van der Waals surface area (Å²) in [5.74, 6) is -0.699. The van der Waals surface area contributed by atoms with Gasteiger partial charge in [-0.1, -0.05) is 69.8 Å². The molecule has 1 atom stereocenters. The van der Waals surface area contributed by atoms with Gasteiger partial charge < -0.3 is 5.11 Å². The van der Waals surface area contributed by atoms with Gasteiger partial charge in [-0.25, -0.2) is 4.89 Å². The topological polar surface area (TPSA) is 66.8 Å². The van der Waals surface area contributed by atoms with Gasteiger partial charge in [-0.2, -0.15) is 0 Å². The van der Waals surface area contributed by atoms with Gasteiger partial charge in [-0.3, -0.25) is 10.1 Å². The Morgan fingerprint density at radius 1 is 1.05 bits per heavy atom. The summed E-state index contributed by atoms with van der Waals surface area (Å²) < 4.78 is 0. The second-order valence-electron chi connectivity index (χ2n) is 5.65. The van der Waals surface area contributed by atoms with E-state index < -0.39 is 5.97 Å². The normalized spacial score (nSPS) is 13.2. The molecule has 0 aromatic carbocycles. The van der Waals surface area contributed by atoms with Crippen LogP contribution in [0.15, 0.2) is 24.3 Å². The number of unbranched alkanes of at least 4 members (excludes halogenated alkanes) is 7. The Hall–Kier alpha value is -1.13. The zero-order valence-electron chi connectivity index (χ0n) is 13.9. The van der Waals surface area contributed by atoms with Crippen molar-refractivity contribution in [2.75, 3.05) is 0 Å². The van der Waals surface area contributed by atoms with E-state index in [9.17, 15) is 4.79 Å². The minimum atomic E-state index is -0.699. The monoisotopic (exact) mass is 312 g/mol. The zero-order chi connectivity index (χ0) is 16.5. The lowest BCUT2D eigenvalue weighted by Crippen LogP contribution is -2.06. The Balaban J connectivity index is 3.51. The van der Waals surface area contributed by atoms with Crippen LogP contribution in [0.4, 0.5) is 0 Å². The summed E-state index contributed by atoms with van der Waals surface area (Å²) in [4.78, 5) is 14.8. The number of carboxylic acids is 1. The first-order valence-electron chi connectivity index (χ1n) is 8.56. The molecule has 0 radical (unpaired) electrons. The first-order valence-corrected chi connectivity index (χ1v) is 8.56. The van der Waals surface area contributed by atoms with Gasteiger partial charge in [0.25, 0.3) is 0 Å². The standard InChI is InChI=1S/C18H32O4/c1-2-3-11-14-17(22-21)15-12-9-7-5-4-6-8-10-13-16-18(19)20/h7,9,12,15,17,21H,2-6,8,10-11,13-14,16H2,1H3,(H,19,20)/b9-7-,15-12?/t17-/m0/s1. The van der Waals surface area contributed by atoms with Gasteiger partial charge >= 0.3 is 5.97 Å². The summed E-state index contributed by atoms with van der Waals surface area (Å²) in [5.41, 5.74) is 0. The maximum atomic E-state index is 10.3. The maximum absolute atomic E-state index is 10.3. The van der Waals surface area contributed by atoms with Crippen molar-refractivity contribution in [3.8, 4) is 0 Å². The predicted molar refractivity (Wildman–Crippen MR) is 89.9 cm³/mol. The molecule has 0 aliphatic carbocycles. The third kappa shape index (κ3) is 15.3. The van der Waals surface area contributed by atoms with E-state index in [0.717, 1.165) is 64.2 Å². The molecule has 4 nitrogen and oxygen atoms in total. The van der Waals surface area contributed by atoms with Crippen LogP contribution in [0.5, 0.6) is 0 Å². The van der Waals surface area contributed by atoms with Crippen molar-refractivity contribution < 1.29 is 20.0 Å². The van der Waals surface area contributed by atoms with E-state index in [1.54, 1.807) is 0 Å². The predicted octanol–water partition coefficient (Wildman–Crippen LogP) is 5.35. The molecule has 0 amide bonds. The highest BCUT2D eigenvalue weighted by Gasteiger charge is 2.02. The van der Waals surface area contributed by atoms with E-state index in [1.165, 1.54) is 0 Å². The zero-order valence-corrected chi connectivity index (χ0v) is 13.9. The summed E-state index contributed by atoms with van der Waals surface area (Å²) in [6.07, 6.45) is 18.5. The lowest BCUT2D eigenvalue weighted by molar-refractivity contribution is -0.267. The van der Waals surface area contributed by atoms with Gasteiger partial charge in [0.15, 0.2) is 0 Å². The Morgan fingerprint density at radius 3 is 2.45 bits per heavy atom. The minimum absolute atomic E-state index is 0.203. The second kappa shape index (κ2) is 16.2. The summed E-state index contributed by atoms with van der Waals surface area (Å²) in [5, 5.41) is 17.3. The molecule has 0 fully saturated rings. The molecule has 0 saturated heterocycles. The molecule has 0 aromatic heterocycles. The molecule has 0 saturated carbocycles. The van der Waals surface area contributed by atoms with Crippen LogP contribution in [-0.2, 0) is 9.68 Å². The van der Waals surface area contributed by atoms with Crippen molar-refractivity contribution in [2.45, 2.75) is 83.7 Å². The van der Waals surface area contributed by atoms with Crippen molar-refractivity contribution in [1.29, 1.82) is 0 Å². The van der Waals surface area contributed by atoms with Gasteiger partial charge in [-0.15, -0.1) is 0 Å². The third-order valence-electron chi connectivity index (χ3n) is 3.56. The van der Waals surface area contributed by atoms with Crippen molar-refractivity contribution in [3.05, 3.63) is 24.3 Å². The van der Waals surface area contributed by atoms with E-state index in [0.29, 0.717) is 0 Å².